The molecular formula is C19H22ClF3O4S. The van der Waals surface area contributed by atoms with Crippen molar-refractivity contribution in [1.82, 2.24) is 0 Å². The van der Waals surface area contributed by atoms with Crippen molar-refractivity contribution in [2.24, 2.45) is 0 Å². The third-order valence-electron chi connectivity index (χ3n) is 4.10. The third-order valence-corrected chi connectivity index (χ3v) is 5.54. The minimum absolute atomic E-state index is 0.119. The molecule has 1 heterocycles. The number of alkyl halides is 3. The second-order valence-corrected chi connectivity index (χ2v) is 8.36. The van der Waals surface area contributed by atoms with E-state index >= 15 is 0 Å². The summed E-state index contributed by atoms with van der Waals surface area (Å²) in [4.78, 5) is 11.2. The molecule has 4 nitrogen and oxygen atoms in total. The second kappa shape index (κ2) is 9.41. The van der Waals surface area contributed by atoms with Gasteiger partial charge >= 0.3 is 12.1 Å². The molecule has 0 N–H and O–H groups in total. The minimum atomic E-state index is -4.47. The first-order chi connectivity index (χ1) is 13.1. The maximum Gasteiger partial charge on any atom is 0.416 e. The summed E-state index contributed by atoms with van der Waals surface area (Å²) in [7, 11) is 1.31. The zero-order valence-corrected chi connectivity index (χ0v) is 17.3. The highest BCUT2D eigenvalue weighted by Gasteiger charge is 2.38. The largest absolute Gasteiger partial charge is 0.467 e. The van der Waals surface area contributed by atoms with Crippen molar-refractivity contribution in [3.05, 3.63) is 40.0 Å². The fourth-order valence-corrected chi connectivity index (χ4v) is 3.89. The molecule has 1 aliphatic rings. The number of halogens is 4. The van der Waals surface area contributed by atoms with Crippen molar-refractivity contribution >= 4 is 29.3 Å². The molecule has 0 bridgehead atoms. The van der Waals surface area contributed by atoms with Crippen LogP contribution in [0.5, 0.6) is 5.75 Å². The van der Waals surface area contributed by atoms with Gasteiger partial charge in [0.15, 0.2) is 11.2 Å². The Morgan fingerprint density at radius 2 is 2.11 bits per heavy atom. The molecule has 2 unspecified atom stereocenters. The maximum absolute atomic E-state index is 12.7. The highest BCUT2D eigenvalue weighted by atomic mass is 35.5. The number of rotatable bonds is 8. The first kappa shape index (κ1) is 22.9. The van der Waals surface area contributed by atoms with E-state index in [-0.39, 0.29) is 10.8 Å². The standard InChI is InChI=1S/C19H22ClF3O4S/c1-4-5-6-15(17(24)25-3)27-18(2)10-9-16(28-18)26-14-8-7-12(11-13(14)20)19(21,22)23/h7-9,11,15H,4-6,10H2,1-3H3. The van der Waals surface area contributed by atoms with Crippen molar-refractivity contribution < 1.29 is 32.2 Å². The molecule has 0 fully saturated rings. The van der Waals surface area contributed by atoms with Crippen molar-refractivity contribution in [3.63, 3.8) is 0 Å². The van der Waals surface area contributed by atoms with Gasteiger partial charge in [0.05, 0.1) is 17.7 Å². The van der Waals surface area contributed by atoms with Crippen LogP contribution in [0, 0.1) is 0 Å². The smallest absolute Gasteiger partial charge is 0.416 e. The molecule has 0 aliphatic carbocycles. The SMILES string of the molecule is CCCCC(OC1(C)CC=C(Oc2ccc(C(F)(F)F)cc2Cl)S1)C(=O)OC. The first-order valence-electron chi connectivity index (χ1n) is 8.77. The highest BCUT2D eigenvalue weighted by molar-refractivity contribution is 8.04. The summed E-state index contributed by atoms with van der Waals surface area (Å²) in [6.45, 7) is 3.84. The van der Waals surface area contributed by atoms with E-state index in [0.717, 1.165) is 25.0 Å². The Balaban J connectivity index is 2.03. The lowest BCUT2D eigenvalue weighted by atomic mass is 10.1. The number of methoxy groups -OCH3 is 1. The van der Waals surface area contributed by atoms with Crippen LogP contribution in [0.3, 0.4) is 0 Å². The summed E-state index contributed by atoms with van der Waals surface area (Å²) in [6.07, 6.45) is -0.669. The Morgan fingerprint density at radius 1 is 1.39 bits per heavy atom. The topological polar surface area (TPSA) is 44.8 Å². The Hall–Kier alpha value is -1.38. The fraction of sp³-hybridized carbons (Fsp3) is 0.526. The first-order valence-corrected chi connectivity index (χ1v) is 9.97. The highest BCUT2D eigenvalue weighted by Crippen LogP contribution is 2.45. The molecule has 0 aromatic heterocycles. The fourth-order valence-electron chi connectivity index (χ4n) is 2.61. The predicted molar refractivity (Wildman–Crippen MR) is 102 cm³/mol. The van der Waals surface area contributed by atoms with Crippen LogP contribution in [-0.4, -0.2) is 24.1 Å². The van der Waals surface area contributed by atoms with Crippen LogP contribution in [0.15, 0.2) is 29.4 Å². The number of benzene rings is 1. The van der Waals surface area contributed by atoms with Crippen LogP contribution in [-0.2, 0) is 20.4 Å². The van der Waals surface area contributed by atoms with Crippen molar-refractivity contribution in [2.75, 3.05) is 7.11 Å². The summed E-state index contributed by atoms with van der Waals surface area (Å²) >= 11 is 7.18. The van der Waals surface area contributed by atoms with Crippen molar-refractivity contribution in [1.29, 1.82) is 0 Å². The van der Waals surface area contributed by atoms with E-state index in [9.17, 15) is 18.0 Å². The van der Waals surface area contributed by atoms with Gasteiger partial charge in [-0.1, -0.05) is 43.1 Å². The second-order valence-electron chi connectivity index (χ2n) is 6.48. The normalized spacial score (nSPS) is 20.6. The van der Waals surface area contributed by atoms with Gasteiger partial charge in [-0.15, -0.1) is 0 Å². The molecule has 0 radical (unpaired) electrons. The number of hydrogen-bond acceptors (Lipinski definition) is 5. The van der Waals surface area contributed by atoms with Gasteiger partial charge in [-0.05, 0) is 37.6 Å². The van der Waals surface area contributed by atoms with Gasteiger partial charge in [0.1, 0.15) is 10.7 Å². The van der Waals surface area contributed by atoms with Crippen molar-refractivity contribution in [2.45, 2.75) is 56.7 Å². The molecule has 1 aliphatic heterocycles. The van der Waals surface area contributed by atoms with Gasteiger partial charge in [0.2, 0.25) is 0 Å². The number of carbonyl (C=O) groups is 1. The molecule has 0 saturated carbocycles. The number of carbonyl (C=O) groups excluding carboxylic acids is 1. The van der Waals surface area contributed by atoms with Crippen molar-refractivity contribution in [3.8, 4) is 5.75 Å². The summed E-state index contributed by atoms with van der Waals surface area (Å²) in [5, 5.41) is 0.310. The lowest BCUT2D eigenvalue weighted by Crippen LogP contribution is -2.34. The minimum Gasteiger partial charge on any atom is -0.467 e. The summed E-state index contributed by atoms with van der Waals surface area (Å²) in [5.74, 6) is -0.316. The van der Waals surface area contributed by atoms with E-state index in [1.807, 2.05) is 13.8 Å². The van der Waals surface area contributed by atoms with Gasteiger partial charge in [0.25, 0.3) is 0 Å². The third kappa shape index (κ3) is 6.06. The lowest BCUT2D eigenvalue weighted by molar-refractivity contribution is -0.159. The number of thioether (sulfide) groups is 1. The molecule has 9 heteroatoms. The van der Waals surface area contributed by atoms with Crippen LogP contribution in [0.2, 0.25) is 5.02 Å². The maximum atomic E-state index is 12.7. The van der Waals surface area contributed by atoms with Gasteiger partial charge in [-0.2, -0.15) is 13.2 Å². The quantitative estimate of drug-likeness (QED) is 0.453. The van der Waals surface area contributed by atoms with E-state index in [1.54, 1.807) is 6.08 Å². The van der Waals surface area contributed by atoms with Crippen LogP contribution in [0.25, 0.3) is 0 Å². The molecule has 0 spiro atoms. The van der Waals surface area contributed by atoms with E-state index in [2.05, 4.69) is 0 Å². The van der Waals surface area contributed by atoms with E-state index in [4.69, 9.17) is 25.8 Å². The van der Waals surface area contributed by atoms with Crippen LogP contribution < -0.4 is 4.74 Å². The molecular weight excluding hydrogens is 417 g/mol. The molecule has 0 amide bonds. The summed E-state index contributed by atoms with van der Waals surface area (Å²) in [6, 6.07) is 2.92. The Morgan fingerprint density at radius 3 is 2.68 bits per heavy atom. The van der Waals surface area contributed by atoms with Gasteiger partial charge < -0.3 is 14.2 Å². The average Bonchev–Trinajstić information content (AvgIpc) is 2.99. The molecule has 1 aromatic rings. The summed E-state index contributed by atoms with van der Waals surface area (Å²) in [5.41, 5.74) is -0.845. The lowest BCUT2D eigenvalue weighted by Gasteiger charge is -2.28. The number of esters is 1. The number of ether oxygens (including phenoxy) is 3. The van der Waals surface area contributed by atoms with E-state index in [1.165, 1.54) is 24.9 Å². The van der Waals surface area contributed by atoms with E-state index in [0.29, 0.717) is 17.9 Å². The Labute approximate surface area is 171 Å². The number of hydrogen-bond donors (Lipinski definition) is 0. The molecule has 1 aromatic carbocycles. The van der Waals surface area contributed by atoms with E-state index < -0.39 is 28.7 Å². The Bertz CT molecular complexity index is 738. The average molecular weight is 439 g/mol. The van der Waals surface area contributed by atoms with Gasteiger partial charge in [-0.3, -0.25) is 0 Å². The predicted octanol–water partition coefficient (Wildman–Crippen LogP) is 6.18. The Kier molecular flexibility index (Phi) is 7.70. The monoisotopic (exact) mass is 438 g/mol. The van der Waals surface area contributed by atoms with Gasteiger partial charge in [0, 0.05) is 6.42 Å². The zero-order chi connectivity index (χ0) is 20.9. The molecule has 28 heavy (non-hydrogen) atoms. The van der Waals surface area contributed by atoms with Crippen LogP contribution in [0.4, 0.5) is 13.2 Å². The molecule has 2 atom stereocenters. The number of unbranched alkanes of at least 4 members (excludes halogenated alkanes) is 1. The molecule has 2 rings (SSSR count). The van der Waals surface area contributed by atoms with Gasteiger partial charge in [-0.25, -0.2) is 4.79 Å². The zero-order valence-electron chi connectivity index (χ0n) is 15.8. The molecule has 156 valence electrons. The van der Waals surface area contributed by atoms with Crippen LogP contribution >= 0.6 is 23.4 Å². The van der Waals surface area contributed by atoms with Crippen LogP contribution in [0.1, 0.15) is 45.1 Å². The molecule has 0 saturated heterocycles. The summed E-state index contributed by atoms with van der Waals surface area (Å²) < 4.78 is 54.7.